The molecule has 3 rings (SSSR count). The molecule has 2 heterocycles. The highest BCUT2D eigenvalue weighted by atomic mass is 16.5. The smallest absolute Gasteiger partial charge is 0.227 e. The molecular formula is C19H24N2O3. The van der Waals surface area contributed by atoms with Crippen molar-refractivity contribution in [1.29, 1.82) is 0 Å². The van der Waals surface area contributed by atoms with Crippen LogP contribution in [0.5, 0.6) is 5.75 Å². The molecule has 0 unspecified atom stereocenters. The number of rotatable bonds is 5. The third-order valence-electron chi connectivity index (χ3n) is 5.02. The van der Waals surface area contributed by atoms with Gasteiger partial charge >= 0.3 is 0 Å². The normalized spacial score (nSPS) is 23.1. The topological polar surface area (TPSA) is 49.9 Å². The van der Waals surface area contributed by atoms with Crippen LogP contribution in [-0.4, -0.2) is 53.9 Å². The molecule has 2 atom stereocenters. The maximum Gasteiger partial charge on any atom is 0.227 e. The largest absolute Gasteiger partial charge is 0.497 e. The molecule has 0 aliphatic carbocycles. The molecule has 2 aliphatic rings. The number of nitrogens with zero attached hydrogens (tertiary/aromatic N) is 2. The van der Waals surface area contributed by atoms with Gasteiger partial charge in [0.25, 0.3) is 0 Å². The fourth-order valence-electron chi connectivity index (χ4n) is 3.89. The summed E-state index contributed by atoms with van der Waals surface area (Å²) in [5, 5.41) is 0. The lowest BCUT2D eigenvalue weighted by Crippen LogP contribution is -2.53. The Kier molecular flexibility index (Phi) is 4.88. The van der Waals surface area contributed by atoms with Gasteiger partial charge in [0.05, 0.1) is 25.6 Å². The second-order valence-corrected chi connectivity index (χ2v) is 6.41. The van der Waals surface area contributed by atoms with E-state index in [0.29, 0.717) is 19.4 Å². The summed E-state index contributed by atoms with van der Waals surface area (Å²) in [6.07, 6.45) is 4.27. The number of carbonyl (C=O) groups excluding carboxylic acids is 2. The van der Waals surface area contributed by atoms with Crippen LogP contribution >= 0.6 is 0 Å². The molecule has 2 fully saturated rings. The Labute approximate surface area is 142 Å². The minimum absolute atomic E-state index is 0.128. The molecule has 5 heteroatoms. The van der Waals surface area contributed by atoms with Crippen LogP contribution < -0.4 is 4.74 Å². The average Bonchev–Trinajstić information content (AvgIpc) is 3.02. The van der Waals surface area contributed by atoms with Gasteiger partial charge in [0.1, 0.15) is 5.75 Å². The average molecular weight is 328 g/mol. The van der Waals surface area contributed by atoms with Gasteiger partial charge in [-0.05, 0) is 30.5 Å². The van der Waals surface area contributed by atoms with Gasteiger partial charge in [-0.2, -0.15) is 0 Å². The number of fused-ring (bicyclic) bond motifs is 1. The van der Waals surface area contributed by atoms with E-state index < -0.39 is 0 Å². The first-order valence-corrected chi connectivity index (χ1v) is 8.47. The molecule has 0 N–H and O–H groups in total. The molecule has 0 aromatic heterocycles. The number of hydrogen-bond acceptors (Lipinski definition) is 3. The predicted octanol–water partition coefficient (Wildman–Crippen LogP) is 2.02. The fourth-order valence-corrected chi connectivity index (χ4v) is 3.89. The number of piperidine rings is 1. The van der Waals surface area contributed by atoms with Crippen LogP contribution in [0.1, 0.15) is 24.8 Å². The highest BCUT2D eigenvalue weighted by Crippen LogP contribution is 2.31. The zero-order valence-corrected chi connectivity index (χ0v) is 14.1. The van der Waals surface area contributed by atoms with E-state index in [0.717, 1.165) is 30.7 Å². The van der Waals surface area contributed by atoms with Crippen molar-refractivity contribution in [3.8, 4) is 5.75 Å². The Morgan fingerprint density at radius 2 is 2.21 bits per heavy atom. The van der Waals surface area contributed by atoms with Crippen molar-refractivity contribution in [3.05, 3.63) is 42.5 Å². The van der Waals surface area contributed by atoms with Crippen LogP contribution in [0.3, 0.4) is 0 Å². The predicted molar refractivity (Wildman–Crippen MR) is 91.7 cm³/mol. The lowest BCUT2D eigenvalue weighted by atomic mass is 9.96. The Morgan fingerprint density at radius 3 is 2.96 bits per heavy atom. The molecule has 0 bridgehead atoms. The zero-order chi connectivity index (χ0) is 17.1. The molecule has 2 amide bonds. The summed E-state index contributed by atoms with van der Waals surface area (Å²) in [4.78, 5) is 28.8. The highest BCUT2D eigenvalue weighted by Gasteiger charge is 2.44. The molecular weight excluding hydrogens is 304 g/mol. The van der Waals surface area contributed by atoms with Crippen molar-refractivity contribution in [2.75, 3.05) is 20.2 Å². The summed E-state index contributed by atoms with van der Waals surface area (Å²) >= 11 is 0. The molecule has 0 radical (unpaired) electrons. The second kappa shape index (κ2) is 7.07. The molecule has 1 aromatic rings. The van der Waals surface area contributed by atoms with E-state index in [2.05, 4.69) is 6.58 Å². The quantitative estimate of drug-likeness (QED) is 0.777. The molecule has 0 spiro atoms. The van der Waals surface area contributed by atoms with Crippen molar-refractivity contribution < 1.29 is 14.3 Å². The Balaban J connectivity index is 1.70. The standard InChI is InChI=1S/C19H24N2O3/c1-3-10-20-17-9-11-21(16(17)7-8-18(20)22)19(23)13-14-5-4-6-15(12-14)24-2/h3-6,12,16-17H,1,7-11,13H2,2H3/t16-,17-/m0/s1. The Hall–Kier alpha value is -2.30. The summed E-state index contributed by atoms with van der Waals surface area (Å²) in [6, 6.07) is 7.90. The van der Waals surface area contributed by atoms with Crippen molar-refractivity contribution in [2.24, 2.45) is 0 Å². The third-order valence-corrected chi connectivity index (χ3v) is 5.02. The number of hydrogen-bond donors (Lipinski definition) is 0. The molecule has 128 valence electrons. The number of amides is 2. The minimum Gasteiger partial charge on any atom is -0.497 e. The number of likely N-dealkylation sites (tertiary alicyclic amines) is 2. The van der Waals surface area contributed by atoms with Gasteiger partial charge in [-0.15, -0.1) is 6.58 Å². The molecule has 24 heavy (non-hydrogen) atoms. The van der Waals surface area contributed by atoms with Crippen LogP contribution in [0.15, 0.2) is 36.9 Å². The van der Waals surface area contributed by atoms with E-state index in [-0.39, 0.29) is 23.9 Å². The summed E-state index contributed by atoms with van der Waals surface area (Å²) < 4.78 is 5.22. The number of methoxy groups -OCH3 is 1. The lowest BCUT2D eigenvalue weighted by Gasteiger charge is -2.39. The second-order valence-electron chi connectivity index (χ2n) is 6.41. The van der Waals surface area contributed by atoms with E-state index in [9.17, 15) is 9.59 Å². The van der Waals surface area contributed by atoms with Crippen molar-refractivity contribution in [2.45, 2.75) is 37.8 Å². The summed E-state index contributed by atoms with van der Waals surface area (Å²) in [7, 11) is 1.62. The molecule has 1 aromatic carbocycles. The van der Waals surface area contributed by atoms with E-state index in [4.69, 9.17) is 4.74 Å². The minimum atomic E-state index is 0.128. The van der Waals surface area contributed by atoms with E-state index >= 15 is 0 Å². The monoisotopic (exact) mass is 328 g/mol. The highest BCUT2D eigenvalue weighted by molar-refractivity contribution is 5.82. The third kappa shape index (κ3) is 3.16. The van der Waals surface area contributed by atoms with Gasteiger partial charge in [0.15, 0.2) is 0 Å². The maximum absolute atomic E-state index is 12.8. The van der Waals surface area contributed by atoms with Gasteiger partial charge in [-0.1, -0.05) is 18.2 Å². The van der Waals surface area contributed by atoms with Crippen molar-refractivity contribution in [1.82, 2.24) is 9.80 Å². The molecule has 2 saturated heterocycles. The van der Waals surface area contributed by atoms with Crippen LogP contribution in [0, 0.1) is 0 Å². The van der Waals surface area contributed by atoms with E-state index in [1.165, 1.54) is 0 Å². The Bertz CT molecular complexity index is 643. The van der Waals surface area contributed by atoms with Gasteiger partial charge in [0.2, 0.25) is 11.8 Å². The first-order valence-electron chi connectivity index (χ1n) is 8.47. The van der Waals surface area contributed by atoms with E-state index in [1.54, 1.807) is 13.2 Å². The number of carbonyl (C=O) groups is 2. The van der Waals surface area contributed by atoms with Gasteiger partial charge in [-0.3, -0.25) is 9.59 Å². The van der Waals surface area contributed by atoms with E-state index in [1.807, 2.05) is 34.1 Å². The maximum atomic E-state index is 12.8. The lowest BCUT2D eigenvalue weighted by molar-refractivity contribution is -0.141. The number of ether oxygens (including phenoxy) is 1. The van der Waals surface area contributed by atoms with Crippen LogP contribution in [0.25, 0.3) is 0 Å². The fraction of sp³-hybridized carbons (Fsp3) is 0.474. The van der Waals surface area contributed by atoms with Gasteiger partial charge in [-0.25, -0.2) is 0 Å². The zero-order valence-electron chi connectivity index (χ0n) is 14.1. The first-order chi connectivity index (χ1) is 11.6. The van der Waals surface area contributed by atoms with Crippen LogP contribution in [-0.2, 0) is 16.0 Å². The summed E-state index contributed by atoms with van der Waals surface area (Å²) in [6.45, 7) is 5.03. The van der Waals surface area contributed by atoms with Crippen molar-refractivity contribution in [3.63, 3.8) is 0 Å². The molecule has 0 saturated carbocycles. The van der Waals surface area contributed by atoms with Crippen molar-refractivity contribution >= 4 is 11.8 Å². The SMILES string of the molecule is C=CCN1C(=O)CC[C@H]2[C@@H]1CCN2C(=O)Cc1cccc(OC)c1. The molecule has 5 nitrogen and oxygen atoms in total. The van der Waals surface area contributed by atoms with Gasteiger partial charge in [0, 0.05) is 19.5 Å². The van der Waals surface area contributed by atoms with Gasteiger partial charge < -0.3 is 14.5 Å². The Morgan fingerprint density at radius 1 is 1.38 bits per heavy atom. The van der Waals surface area contributed by atoms with Crippen LogP contribution in [0.2, 0.25) is 0 Å². The first kappa shape index (κ1) is 16.6. The summed E-state index contributed by atoms with van der Waals surface area (Å²) in [5.74, 6) is 1.07. The summed E-state index contributed by atoms with van der Waals surface area (Å²) in [5.41, 5.74) is 0.956. The molecule has 2 aliphatic heterocycles. The number of benzene rings is 1. The van der Waals surface area contributed by atoms with Crippen LogP contribution in [0.4, 0.5) is 0 Å².